The summed E-state index contributed by atoms with van der Waals surface area (Å²) in [5.74, 6) is 4.18. The van der Waals surface area contributed by atoms with Crippen LogP contribution >= 0.6 is 0 Å². The first kappa shape index (κ1) is 12.5. The number of rotatable bonds is 2. The minimum absolute atomic E-state index is 0.792. The van der Waals surface area contributed by atoms with Gasteiger partial charge in [-0.15, -0.1) is 6.42 Å². The monoisotopic (exact) mass is 223 g/mol. The maximum atomic E-state index is 5.61. The van der Waals surface area contributed by atoms with E-state index < -0.39 is 0 Å². The van der Waals surface area contributed by atoms with E-state index in [0.29, 0.717) is 0 Å². The number of nitrogens with one attached hydrogen (secondary N) is 1. The van der Waals surface area contributed by atoms with Gasteiger partial charge in [0.2, 0.25) is 0 Å². The van der Waals surface area contributed by atoms with E-state index in [2.05, 4.69) is 12.6 Å². The zero-order valence-corrected chi connectivity index (χ0v) is 9.39. The normalized spacial score (nSPS) is 8.41. The second kappa shape index (κ2) is 6.86. The fraction of sp³-hybridized carbons (Fsp3) is 0. The van der Waals surface area contributed by atoms with E-state index in [9.17, 15) is 0 Å². The molecule has 1 N–H and O–H groups in total. The lowest BCUT2D eigenvalue weighted by Gasteiger charge is -2.04. The molecule has 0 bridgehead atoms. The van der Waals surface area contributed by atoms with Crippen LogP contribution in [0.4, 0.5) is 0 Å². The van der Waals surface area contributed by atoms with Gasteiger partial charge in [0.25, 0.3) is 0 Å². The summed E-state index contributed by atoms with van der Waals surface area (Å²) in [6.07, 6.45) is 5.26. The Balaban J connectivity index is 0.000000686. The predicted octanol–water partition coefficient (Wildman–Crippen LogP) is 3.73. The SMILES string of the molecule is C#Cc1ccc(Oc2ccccc2)cc1.C=N. The van der Waals surface area contributed by atoms with Gasteiger partial charge in [-0.2, -0.15) is 0 Å². The van der Waals surface area contributed by atoms with Gasteiger partial charge in [-0.1, -0.05) is 24.1 Å². The van der Waals surface area contributed by atoms with Crippen LogP contribution in [-0.4, -0.2) is 6.72 Å². The third kappa shape index (κ3) is 3.84. The minimum Gasteiger partial charge on any atom is -0.457 e. The third-order valence-electron chi connectivity index (χ3n) is 2.00. The van der Waals surface area contributed by atoms with Crippen molar-refractivity contribution in [2.24, 2.45) is 0 Å². The average molecular weight is 223 g/mol. The van der Waals surface area contributed by atoms with Crippen molar-refractivity contribution in [3.8, 4) is 23.8 Å². The van der Waals surface area contributed by atoms with Crippen LogP contribution in [0.1, 0.15) is 5.56 Å². The maximum Gasteiger partial charge on any atom is 0.127 e. The summed E-state index contributed by atoms with van der Waals surface area (Å²) in [5.41, 5.74) is 0.857. The smallest absolute Gasteiger partial charge is 0.127 e. The molecular weight excluding hydrogens is 210 g/mol. The van der Waals surface area contributed by atoms with Crippen LogP contribution in [0.25, 0.3) is 0 Å². The van der Waals surface area contributed by atoms with E-state index >= 15 is 0 Å². The van der Waals surface area contributed by atoms with E-state index in [-0.39, 0.29) is 0 Å². The van der Waals surface area contributed by atoms with Crippen LogP contribution in [-0.2, 0) is 0 Å². The number of ether oxygens (including phenoxy) is 1. The first-order valence-corrected chi connectivity index (χ1v) is 5.03. The van der Waals surface area contributed by atoms with Crippen molar-refractivity contribution in [3.63, 3.8) is 0 Å². The van der Waals surface area contributed by atoms with Gasteiger partial charge in [0, 0.05) is 5.56 Å². The van der Waals surface area contributed by atoms with Crippen molar-refractivity contribution < 1.29 is 4.74 Å². The zero-order valence-electron chi connectivity index (χ0n) is 9.39. The lowest BCUT2D eigenvalue weighted by molar-refractivity contribution is 0.482. The molecule has 0 aliphatic heterocycles. The average Bonchev–Trinajstić information content (AvgIpc) is 2.43. The Labute approximate surface area is 101 Å². The molecule has 2 heteroatoms. The van der Waals surface area contributed by atoms with Crippen LogP contribution in [0.5, 0.6) is 11.5 Å². The molecule has 0 amide bonds. The standard InChI is InChI=1S/C14H10O.CH3N/c1-2-12-8-10-14(11-9-12)15-13-6-4-3-5-7-13;1-2/h1,3-11H;2H,1H2. The molecule has 0 saturated carbocycles. The number of hydrogen-bond donors (Lipinski definition) is 1. The summed E-state index contributed by atoms with van der Waals surface area (Å²) < 4.78 is 5.61. The Morgan fingerprint density at radius 1 is 0.882 bits per heavy atom. The molecule has 0 fully saturated rings. The molecule has 0 aliphatic carbocycles. The quantitative estimate of drug-likeness (QED) is 0.610. The first-order valence-electron chi connectivity index (χ1n) is 5.03. The van der Waals surface area contributed by atoms with Crippen molar-refractivity contribution in [1.29, 1.82) is 5.41 Å². The zero-order chi connectivity index (χ0) is 12.5. The van der Waals surface area contributed by atoms with Gasteiger partial charge in [-0.3, -0.25) is 0 Å². The molecule has 84 valence electrons. The highest BCUT2D eigenvalue weighted by Gasteiger charge is 1.95. The van der Waals surface area contributed by atoms with E-state index in [1.165, 1.54) is 0 Å². The number of benzene rings is 2. The second-order valence-corrected chi connectivity index (χ2v) is 3.08. The Morgan fingerprint density at radius 3 is 1.94 bits per heavy atom. The maximum absolute atomic E-state index is 5.61. The Morgan fingerprint density at radius 2 is 1.41 bits per heavy atom. The molecule has 2 aromatic carbocycles. The van der Waals surface area contributed by atoms with Crippen LogP contribution in [0, 0.1) is 17.8 Å². The lowest BCUT2D eigenvalue weighted by Crippen LogP contribution is -1.83. The second-order valence-electron chi connectivity index (χ2n) is 3.08. The molecule has 0 saturated heterocycles. The first-order chi connectivity index (χ1) is 8.38. The molecule has 2 rings (SSSR count). The van der Waals surface area contributed by atoms with Gasteiger partial charge in [-0.05, 0) is 43.1 Å². The summed E-state index contributed by atoms with van der Waals surface area (Å²) >= 11 is 0. The largest absolute Gasteiger partial charge is 0.457 e. The van der Waals surface area contributed by atoms with Gasteiger partial charge < -0.3 is 10.1 Å². The molecule has 2 aromatic rings. The van der Waals surface area contributed by atoms with Crippen LogP contribution in [0.15, 0.2) is 54.6 Å². The highest BCUT2D eigenvalue weighted by Crippen LogP contribution is 2.20. The number of terminal acetylenes is 1. The number of hydrogen-bond acceptors (Lipinski definition) is 2. The van der Waals surface area contributed by atoms with Crippen molar-refractivity contribution in [2.75, 3.05) is 0 Å². The van der Waals surface area contributed by atoms with Gasteiger partial charge >= 0.3 is 0 Å². The molecule has 0 radical (unpaired) electrons. The molecule has 0 spiro atoms. The lowest BCUT2D eigenvalue weighted by atomic mass is 10.2. The van der Waals surface area contributed by atoms with Crippen molar-refractivity contribution >= 4 is 6.72 Å². The molecule has 0 atom stereocenters. The van der Waals surface area contributed by atoms with E-state index in [4.69, 9.17) is 16.6 Å². The van der Waals surface area contributed by atoms with E-state index in [1.54, 1.807) is 0 Å². The van der Waals surface area contributed by atoms with E-state index in [1.807, 2.05) is 54.6 Å². The third-order valence-corrected chi connectivity index (χ3v) is 2.00. The summed E-state index contributed by atoms with van der Waals surface area (Å²) in [5, 5.41) is 5.50. The Hall–Kier alpha value is -2.53. The van der Waals surface area contributed by atoms with E-state index in [0.717, 1.165) is 17.1 Å². The van der Waals surface area contributed by atoms with Gasteiger partial charge in [0.15, 0.2) is 0 Å². The highest BCUT2D eigenvalue weighted by molar-refractivity contribution is 5.38. The van der Waals surface area contributed by atoms with Crippen molar-refractivity contribution in [1.82, 2.24) is 0 Å². The molecule has 2 nitrogen and oxygen atoms in total. The Bertz CT molecular complexity index is 483. The summed E-state index contributed by atoms with van der Waals surface area (Å²) in [6.45, 7) is 2.50. The fourth-order valence-electron chi connectivity index (χ4n) is 1.24. The fourth-order valence-corrected chi connectivity index (χ4v) is 1.24. The predicted molar refractivity (Wildman–Crippen MR) is 70.7 cm³/mol. The summed E-state index contributed by atoms with van der Waals surface area (Å²) in [7, 11) is 0. The molecule has 0 aromatic heterocycles. The topological polar surface area (TPSA) is 33.1 Å². The van der Waals surface area contributed by atoms with Gasteiger partial charge in [-0.25, -0.2) is 0 Å². The van der Waals surface area contributed by atoms with Crippen LogP contribution in [0.2, 0.25) is 0 Å². The molecular formula is C15H13NO. The van der Waals surface area contributed by atoms with Crippen LogP contribution < -0.4 is 4.74 Å². The molecule has 0 unspecified atom stereocenters. The molecule has 17 heavy (non-hydrogen) atoms. The van der Waals surface area contributed by atoms with Gasteiger partial charge in [0.1, 0.15) is 11.5 Å². The van der Waals surface area contributed by atoms with Crippen molar-refractivity contribution in [3.05, 3.63) is 60.2 Å². The number of para-hydroxylation sites is 1. The van der Waals surface area contributed by atoms with Gasteiger partial charge in [0.05, 0.1) is 0 Å². The summed E-state index contributed by atoms with van der Waals surface area (Å²) in [6, 6.07) is 17.1. The van der Waals surface area contributed by atoms with Crippen LogP contribution in [0.3, 0.4) is 0 Å². The van der Waals surface area contributed by atoms with Crippen molar-refractivity contribution in [2.45, 2.75) is 0 Å². The summed E-state index contributed by atoms with van der Waals surface area (Å²) in [4.78, 5) is 0. The molecule has 0 aliphatic rings. The highest BCUT2D eigenvalue weighted by atomic mass is 16.5. The Kier molecular flexibility index (Phi) is 5.06. The minimum atomic E-state index is 0.792. The molecule has 0 heterocycles.